The monoisotopic (exact) mass is 160 g/mol. The summed E-state index contributed by atoms with van der Waals surface area (Å²) >= 11 is 0. The molecule has 0 aliphatic carbocycles. The van der Waals surface area contributed by atoms with Crippen LogP contribution in [0.25, 0.3) is 0 Å². The van der Waals surface area contributed by atoms with Crippen molar-refractivity contribution in [1.82, 2.24) is 0 Å². The van der Waals surface area contributed by atoms with Crippen molar-refractivity contribution in [2.75, 3.05) is 25.2 Å². The van der Waals surface area contributed by atoms with Gasteiger partial charge in [0.05, 0.1) is 0 Å². The number of rotatable bonds is 2. The van der Waals surface area contributed by atoms with Crippen molar-refractivity contribution in [3.63, 3.8) is 0 Å². The fourth-order valence-corrected chi connectivity index (χ4v) is 7.41. The fourth-order valence-electron chi connectivity index (χ4n) is 2.47. The molecule has 0 N–H and O–H groups in total. The molecular formula is C9H21P. The van der Waals surface area contributed by atoms with Gasteiger partial charge in [-0.1, -0.05) is 0 Å². The predicted octanol–water partition coefficient (Wildman–Crippen LogP) is 2.82. The van der Waals surface area contributed by atoms with E-state index in [2.05, 4.69) is 20.5 Å². The van der Waals surface area contributed by atoms with E-state index in [1.54, 1.807) is 18.5 Å². The van der Waals surface area contributed by atoms with Gasteiger partial charge in [0.1, 0.15) is 0 Å². The van der Waals surface area contributed by atoms with Crippen LogP contribution in [0.3, 0.4) is 0 Å². The summed E-state index contributed by atoms with van der Waals surface area (Å²) < 4.78 is 0. The van der Waals surface area contributed by atoms with Crippen LogP contribution in [0, 0.1) is 5.92 Å². The maximum atomic E-state index is 2.60. The van der Waals surface area contributed by atoms with Gasteiger partial charge in [-0.2, -0.15) is 0 Å². The summed E-state index contributed by atoms with van der Waals surface area (Å²) in [6.45, 7) is 7.36. The van der Waals surface area contributed by atoms with Gasteiger partial charge in [0.25, 0.3) is 0 Å². The zero-order valence-corrected chi connectivity index (χ0v) is 8.61. The van der Waals surface area contributed by atoms with Crippen LogP contribution >= 0.6 is 7.26 Å². The van der Waals surface area contributed by atoms with Crippen LogP contribution in [0.15, 0.2) is 0 Å². The average molecular weight is 160 g/mol. The quantitative estimate of drug-likeness (QED) is 0.545. The fraction of sp³-hybridized carbons (Fsp3) is 1.00. The molecule has 1 heterocycles. The second-order valence-corrected chi connectivity index (χ2v) is 9.44. The summed E-state index contributed by atoms with van der Waals surface area (Å²) in [6, 6.07) is 0. The molecule has 0 radical (unpaired) electrons. The zero-order valence-electron chi connectivity index (χ0n) is 7.61. The Morgan fingerprint density at radius 1 is 1.50 bits per heavy atom. The number of hydrogen-bond acceptors (Lipinski definition) is 0. The third-order valence-corrected chi connectivity index (χ3v) is 7.82. The first-order valence-electron chi connectivity index (χ1n) is 4.66. The van der Waals surface area contributed by atoms with Crippen LogP contribution in [-0.4, -0.2) is 25.2 Å². The summed E-state index contributed by atoms with van der Waals surface area (Å²) in [6.07, 6.45) is 7.76. The Morgan fingerprint density at radius 2 is 2.20 bits per heavy atom. The van der Waals surface area contributed by atoms with Gasteiger partial charge in [-0.25, -0.2) is 0 Å². The van der Waals surface area contributed by atoms with Gasteiger partial charge in [-0.3, -0.25) is 0 Å². The van der Waals surface area contributed by atoms with Gasteiger partial charge in [-0.05, 0) is 0 Å². The van der Waals surface area contributed by atoms with Crippen LogP contribution in [0.5, 0.6) is 0 Å². The van der Waals surface area contributed by atoms with Crippen molar-refractivity contribution in [2.45, 2.75) is 26.7 Å². The first-order valence-corrected chi connectivity index (χ1v) is 7.78. The molecule has 0 bridgehead atoms. The SMILES string of the molecule is CCC[PH]1(C)CCC(C)C1. The van der Waals surface area contributed by atoms with E-state index in [1.165, 1.54) is 12.8 Å². The molecule has 10 heavy (non-hydrogen) atoms. The molecule has 1 rings (SSSR count). The molecule has 0 nitrogen and oxygen atoms in total. The molecule has 0 aromatic rings. The Labute approximate surface area is 65.7 Å². The van der Waals surface area contributed by atoms with Gasteiger partial charge in [0.2, 0.25) is 0 Å². The van der Waals surface area contributed by atoms with E-state index in [9.17, 15) is 0 Å². The molecule has 0 aromatic heterocycles. The second kappa shape index (κ2) is 3.22. The van der Waals surface area contributed by atoms with Crippen LogP contribution in [0.4, 0.5) is 0 Å². The van der Waals surface area contributed by atoms with Crippen LogP contribution in [-0.2, 0) is 0 Å². The van der Waals surface area contributed by atoms with E-state index in [-0.39, 0.29) is 0 Å². The third-order valence-electron chi connectivity index (χ3n) is 2.94. The van der Waals surface area contributed by atoms with Crippen LogP contribution in [0.1, 0.15) is 26.7 Å². The molecule has 0 spiro atoms. The summed E-state index contributed by atoms with van der Waals surface area (Å²) in [5, 5.41) is 0. The van der Waals surface area contributed by atoms with Gasteiger partial charge < -0.3 is 0 Å². The van der Waals surface area contributed by atoms with E-state index in [0.29, 0.717) is 0 Å². The molecule has 0 amide bonds. The van der Waals surface area contributed by atoms with Crippen molar-refractivity contribution in [3.05, 3.63) is 0 Å². The summed E-state index contributed by atoms with van der Waals surface area (Å²) in [4.78, 5) is 0. The summed E-state index contributed by atoms with van der Waals surface area (Å²) in [5.41, 5.74) is 0. The summed E-state index contributed by atoms with van der Waals surface area (Å²) in [5.74, 6) is 1.06. The first kappa shape index (κ1) is 8.53. The van der Waals surface area contributed by atoms with E-state index in [4.69, 9.17) is 0 Å². The Kier molecular flexibility index (Phi) is 2.74. The van der Waals surface area contributed by atoms with Crippen molar-refractivity contribution in [2.24, 2.45) is 5.92 Å². The molecule has 1 atom stereocenters. The van der Waals surface area contributed by atoms with Crippen molar-refractivity contribution in [1.29, 1.82) is 0 Å². The van der Waals surface area contributed by atoms with Crippen LogP contribution < -0.4 is 0 Å². The van der Waals surface area contributed by atoms with Crippen molar-refractivity contribution >= 4 is 7.26 Å². The Bertz CT molecular complexity index is 107. The molecular weight excluding hydrogens is 139 g/mol. The molecule has 1 fully saturated rings. The Hall–Kier alpha value is 0.430. The van der Waals surface area contributed by atoms with Crippen molar-refractivity contribution in [3.8, 4) is 0 Å². The molecule has 1 unspecified atom stereocenters. The predicted molar refractivity (Wildman–Crippen MR) is 52.9 cm³/mol. The normalized spacial score (nSPS) is 34.1. The standard InChI is InChI=1S/C9H21P/c1-4-6-10(3)7-5-9(2)8-10/h9-10H,4-8H2,1-3H3. The Morgan fingerprint density at radius 3 is 2.60 bits per heavy atom. The molecule has 1 aliphatic rings. The van der Waals surface area contributed by atoms with Gasteiger partial charge in [-0.15, -0.1) is 0 Å². The van der Waals surface area contributed by atoms with E-state index in [1.807, 2.05) is 0 Å². The van der Waals surface area contributed by atoms with E-state index in [0.717, 1.165) is 5.92 Å². The van der Waals surface area contributed by atoms with Gasteiger partial charge in [0, 0.05) is 0 Å². The first-order chi connectivity index (χ1) is 4.66. The van der Waals surface area contributed by atoms with E-state index < -0.39 is 7.26 Å². The topological polar surface area (TPSA) is 0 Å². The minimum absolute atomic E-state index is 0.649. The maximum absolute atomic E-state index is 2.60. The van der Waals surface area contributed by atoms with Crippen molar-refractivity contribution < 1.29 is 0 Å². The molecule has 1 aliphatic heterocycles. The third kappa shape index (κ3) is 1.95. The van der Waals surface area contributed by atoms with Gasteiger partial charge >= 0.3 is 65.0 Å². The summed E-state index contributed by atoms with van der Waals surface area (Å²) in [7, 11) is -0.649. The van der Waals surface area contributed by atoms with Gasteiger partial charge in [0.15, 0.2) is 0 Å². The molecule has 0 aromatic carbocycles. The average Bonchev–Trinajstić information content (AvgIpc) is 2.12. The molecule has 1 saturated heterocycles. The molecule has 1 heteroatoms. The zero-order chi connectivity index (χ0) is 7.61. The second-order valence-electron chi connectivity index (χ2n) is 4.41. The number of hydrogen-bond donors (Lipinski definition) is 0. The molecule has 0 saturated carbocycles. The van der Waals surface area contributed by atoms with E-state index >= 15 is 0 Å². The van der Waals surface area contributed by atoms with Crippen LogP contribution in [0.2, 0.25) is 0 Å². The Balaban J connectivity index is 2.38. The minimum atomic E-state index is -0.649. The molecule has 62 valence electrons.